The molecule has 0 aliphatic carbocycles. The quantitative estimate of drug-likeness (QED) is 0.474. The lowest BCUT2D eigenvalue weighted by Crippen LogP contribution is -2.12. The van der Waals surface area contributed by atoms with Gasteiger partial charge in [0, 0.05) is 16.0 Å². The number of nitrogens with zero attached hydrogens (tertiary/aromatic N) is 1. The van der Waals surface area contributed by atoms with E-state index < -0.39 is 0 Å². The van der Waals surface area contributed by atoms with Crippen molar-refractivity contribution in [3.63, 3.8) is 0 Å². The summed E-state index contributed by atoms with van der Waals surface area (Å²) in [5.41, 5.74) is 3.83. The standard InChI is InChI=1S/C20H15ClN2OS/c1-11-9-12(2)18-17(10-11)25-20(22-18)23-19(24)15-7-3-6-14-13(15)5-4-8-16(14)21/h3-10H,1-2H3,(H,22,23,24). The first kappa shape index (κ1) is 16.1. The molecule has 0 bridgehead atoms. The Morgan fingerprint density at radius 1 is 1.08 bits per heavy atom. The Labute approximate surface area is 154 Å². The van der Waals surface area contributed by atoms with Gasteiger partial charge in [0.15, 0.2) is 5.13 Å². The summed E-state index contributed by atoms with van der Waals surface area (Å²) in [6, 6.07) is 15.3. The third-order valence-corrected chi connectivity index (χ3v) is 5.41. The number of nitrogens with one attached hydrogen (secondary N) is 1. The molecule has 25 heavy (non-hydrogen) atoms. The van der Waals surface area contributed by atoms with E-state index in [0.29, 0.717) is 15.7 Å². The van der Waals surface area contributed by atoms with Crippen LogP contribution in [0.15, 0.2) is 48.5 Å². The fraction of sp³-hybridized carbons (Fsp3) is 0.100. The second-order valence-corrected chi connectivity index (χ2v) is 7.48. The molecule has 124 valence electrons. The molecule has 4 rings (SSSR count). The summed E-state index contributed by atoms with van der Waals surface area (Å²) >= 11 is 7.73. The number of hydrogen-bond acceptors (Lipinski definition) is 3. The molecule has 0 fully saturated rings. The lowest BCUT2D eigenvalue weighted by molar-refractivity contribution is 0.102. The molecule has 0 saturated carbocycles. The lowest BCUT2D eigenvalue weighted by atomic mass is 10.0. The van der Waals surface area contributed by atoms with Gasteiger partial charge >= 0.3 is 0 Å². The largest absolute Gasteiger partial charge is 0.298 e. The van der Waals surface area contributed by atoms with Gasteiger partial charge < -0.3 is 0 Å². The maximum atomic E-state index is 12.8. The van der Waals surface area contributed by atoms with Crippen molar-refractivity contribution < 1.29 is 4.79 Å². The van der Waals surface area contributed by atoms with E-state index in [0.717, 1.165) is 26.6 Å². The van der Waals surface area contributed by atoms with Gasteiger partial charge in [-0.05, 0) is 48.6 Å². The number of hydrogen-bond donors (Lipinski definition) is 1. The first-order valence-electron chi connectivity index (χ1n) is 7.89. The SMILES string of the molecule is Cc1cc(C)c2nc(NC(=O)c3cccc4c(Cl)cccc34)sc2c1. The number of halogens is 1. The third kappa shape index (κ3) is 2.88. The van der Waals surface area contributed by atoms with Gasteiger partial charge in [-0.15, -0.1) is 0 Å². The average molecular weight is 367 g/mol. The highest BCUT2D eigenvalue weighted by Gasteiger charge is 2.14. The van der Waals surface area contributed by atoms with Crippen molar-refractivity contribution in [2.45, 2.75) is 13.8 Å². The Morgan fingerprint density at radius 3 is 2.68 bits per heavy atom. The van der Waals surface area contributed by atoms with E-state index in [4.69, 9.17) is 11.6 Å². The van der Waals surface area contributed by atoms with E-state index in [1.165, 1.54) is 16.9 Å². The van der Waals surface area contributed by atoms with Crippen LogP contribution in [0.3, 0.4) is 0 Å². The molecule has 1 N–H and O–H groups in total. The molecule has 1 aromatic heterocycles. The van der Waals surface area contributed by atoms with Crippen molar-refractivity contribution in [3.05, 3.63) is 70.2 Å². The van der Waals surface area contributed by atoms with E-state index in [9.17, 15) is 4.79 Å². The zero-order valence-corrected chi connectivity index (χ0v) is 15.3. The van der Waals surface area contributed by atoms with Gasteiger partial charge in [-0.25, -0.2) is 4.98 Å². The van der Waals surface area contributed by atoms with Crippen LogP contribution in [-0.4, -0.2) is 10.9 Å². The first-order valence-corrected chi connectivity index (χ1v) is 9.09. The molecule has 4 aromatic rings. The van der Waals surface area contributed by atoms with Gasteiger partial charge in [0.25, 0.3) is 5.91 Å². The number of carbonyl (C=O) groups excluding carboxylic acids is 1. The average Bonchev–Trinajstić information content (AvgIpc) is 2.97. The fourth-order valence-corrected chi connectivity index (χ4v) is 4.33. The first-order chi connectivity index (χ1) is 12.0. The van der Waals surface area contributed by atoms with Crippen LogP contribution in [0.5, 0.6) is 0 Å². The molecule has 1 heterocycles. The highest BCUT2D eigenvalue weighted by atomic mass is 35.5. The number of thiazole rings is 1. The number of aromatic nitrogens is 1. The predicted octanol–water partition coefficient (Wildman–Crippen LogP) is 5.97. The molecule has 0 radical (unpaired) electrons. The Kier molecular flexibility index (Phi) is 3.94. The molecule has 0 spiro atoms. The van der Waals surface area contributed by atoms with Crippen molar-refractivity contribution in [1.29, 1.82) is 0 Å². The molecule has 3 aromatic carbocycles. The zero-order valence-electron chi connectivity index (χ0n) is 13.8. The summed E-state index contributed by atoms with van der Waals surface area (Å²) in [6.45, 7) is 4.09. The van der Waals surface area contributed by atoms with E-state index in [-0.39, 0.29) is 5.91 Å². The van der Waals surface area contributed by atoms with Gasteiger partial charge in [-0.3, -0.25) is 10.1 Å². The zero-order chi connectivity index (χ0) is 17.6. The maximum absolute atomic E-state index is 12.8. The molecular formula is C20H15ClN2OS. The monoisotopic (exact) mass is 366 g/mol. The molecule has 0 atom stereocenters. The van der Waals surface area contributed by atoms with Crippen LogP contribution in [-0.2, 0) is 0 Å². The second kappa shape index (κ2) is 6.14. The maximum Gasteiger partial charge on any atom is 0.258 e. The lowest BCUT2D eigenvalue weighted by Gasteiger charge is -2.07. The van der Waals surface area contributed by atoms with Gasteiger partial charge in [-0.1, -0.05) is 53.3 Å². The van der Waals surface area contributed by atoms with Gasteiger partial charge in [0.05, 0.1) is 10.2 Å². The van der Waals surface area contributed by atoms with E-state index in [1.807, 2.05) is 37.3 Å². The van der Waals surface area contributed by atoms with E-state index in [1.54, 1.807) is 6.07 Å². The van der Waals surface area contributed by atoms with Crippen LogP contribution in [0.1, 0.15) is 21.5 Å². The number of amides is 1. The number of anilines is 1. The number of rotatable bonds is 2. The minimum atomic E-state index is -0.179. The van der Waals surface area contributed by atoms with E-state index >= 15 is 0 Å². The van der Waals surface area contributed by atoms with Crippen molar-refractivity contribution in [2.75, 3.05) is 5.32 Å². The summed E-state index contributed by atoms with van der Waals surface area (Å²) in [4.78, 5) is 17.4. The minimum Gasteiger partial charge on any atom is -0.298 e. The molecule has 0 aliphatic heterocycles. The van der Waals surface area contributed by atoms with Crippen molar-refractivity contribution >= 4 is 55.0 Å². The van der Waals surface area contributed by atoms with Gasteiger partial charge in [-0.2, -0.15) is 0 Å². The third-order valence-electron chi connectivity index (χ3n) is 4.16. The Balaban J connectivity index is 1.74. The fourth-order valence-electron chi connectivity index (χ4n) is 3.06. The van der Waals surface area contributed by atoms with Crippen molar-refractivity contribution in [1.82, 2.24) is 4.98 Å². The van der Waals surface area contributed by atoms with Crippen LogP contribution >= 0.6 is 22.9 Å². The Hall–Kier alpha value is -2.43. The Morgan fingerprint density at radius 2 is 1.84 bits per heavy atom. The molecule has 0 aliphatic rings. The van der Waals surface area contributed by atoms with E-state index in [2.05, 4.69) is 29.4 Å². The van der Waals surface area contributed by atoms with Gasteiger partial charge in [0.2, 0.25) is 0 Å². The number of benzene rings is 3. The van der Waals surface area contributed by atoms with Crippen LogP contribution in [0.2, 0.25) is 5.02 Å². The van der Waals surface area contributed by atoms with Crippen LogP contribution in [0.4, 0.5) is 5.13 Å². The summed E-state index contributed by atoms with van der Waals surface area (Å²) in [5, 5.41) is 5.88. The van der Waals surface area contributed by atoms with Crippen molar-refractivity contribution in [3.8, 4) is 0 Å². The van der Waals surface area contributed by atoms with Crippen LogP contribution < -0.4 is 5.32 Å². The molecule has 5 heteroatoms. The summed E-state index contributed by atoms with van der Waals surface area (Å²) < 4.78 is 1.08. The predicted molar refractivity (Wildman–Crippen MR) is 106 cm³/mol. The number of aryl methyl sites for hydroxylation is 2. The molecule has 3 nitrogen and oxygen atoms in total. The molecule has 0 unspecified atom stereocenters. The highest BCUT2D eigenvalue weighted by Crippen LogP contribution is 2.31. The number of carbonyl (C=O) groups is 1. The Bertz CT molecular complexity index is 1130. The second-order valence-electron chi connectivity index (χ2n) is 6.04. The van der Waals surface area contributed by atoms with Gasteiger partial charge in [0.1, 0.15) is 0 Å². The summed E-state index contributed by atoms with van der Waals surface area (Å²) in [6.07, 6.45) is 0. The number of fused-ring (bicyclic) bond motifs is 2. The van der Waals surface area contributed by atoms with Crippen molar-refractivity contribution in [2.24, 2.45) is 0 Å². The summed E-state index contributed by atoms with van der Waals surface area (Å²) in [5.74, 6) is -0.179. The highest BCUT2D eigenvalue weighted by molar-refractivity contribution is 7.22. The smallest absolute Gasteiger partial charge is 0.258 e. The minimum absolute atomic E-state index is 0.179. The molecule has 1 amide bonds. The van der Waals surface area contributed by atoms with Crippen LogP contribution in [0.25, 0.3) is 21.0 Å². The van der Waals surface area contributed by atoms with Crippen LogP contribution in [0, 0.1) is 13.8 Å². The molecule has 0 saturated heterocycles. The normalized spacial score (nSPS) is 11.2. The summed E-state index contributed by atoms with van der Waals surface area (Å²) in [7, 11) is 0. The topological polar surface area (TPSA) is 42.0 Å². The molecular weight excluding hydrogens is 352 g/mol.